The van der Waals surface area contributed by atoms with Gasteiger partial charge in [0.15, 0.2) is 0 Å². The van der Waals surface area contributed by atoms with Gasteiger partial charge in [0.2, 0.25) is 0 Å². The van der Waals surface area contributed by atoms with E-state index in [4.69, 9.17) is 0 Å². The van der Waals surface area contributed by atoms with Crippen LogP contribution in [0.25, 0.3) is 0 Å². The molecule has 0 aliphatic rings. The Balaban J connectivity index is 5.47. The SMILES string of the molecule is CCCC(CC(C)C)(CC(C)C)B(CC(C)C)CC(C)C. The number of hydrogen-bond donors (Lipinski definition) is 0. The third-order valence-electron chi connectivity index (χ3n) is 4.76. The maximum absolute atomic E-state index is 2.42. The molecule has 0 amide bonds. The molecule has 0 aromatic rings. The molecule has 0 rings (SSSR count). The van der Waals surface area contributed by atoms with Gasteiger partial charge in [-0.1, -0.05) is 112 Å². The van der Waals surface area contributed by atoms with E-state index in [1.165, 1.54) is 38.3 Å². The van der Waals surface area contributed by atoms with Gasteiger partial charge in [-0.3, -0.25) is 0 Å². The number of rotatable bonds is 11. The van der Waals surface area contributed by atoms with Gasteiger partial charge in [0, 0.05) is 0 Å². The Morgan fingerprint density at radius 3 is 1.29 bits per heavy atom. The van der Waals surface area contributed by atoms with E-state index in [1.807, 2.05) is 0 Å². The Morgan fingerprint density at radius 1 is 0.667 bits per heavy atom. The van der Waals surface area contributed by atoms with Crippen molar-refractivity contribution in [3.63, 3.8) is 0 Å². The van der Waals surface area contributed by atoms with Crippen LogP contribution in [0.5, 0.6) is 0 Å². The van der Waals surface area contributed by atoms with Gasteiger partial charge >= 0.3 is 0 Å². The lowest BCUT2D eigenvalue weighted by Crippen LogP contribution is -2.37. The zero-order valence-electron chi connectivity index (χ0n) is 16.6. The van der Waals surface area contributed by atoms with Crippen molar-refractivity contribution >= 4 is 6.71 Å². The summed E-state index contributed by atoms with van der Waals surface area (Å²) in [6.45, 7) is 22.6. The first-order chi connectivity index (χ1) is 9.62. The lowest BCUT2D eigenvalue weighted by molar-refractivity contribution is 0.327. The topological polar surface area (TPSA) is 0 Å². The van der Waals surface area contributed by atoms with Crippen LogP contribution >= 0.6 is 0 Å². The maximum Gasteiger partial charge on any atom is 0.147 e. The minimum atomic E-state index is 0.575. The minimum absolute atomic E-state index is 0.575. The van der Waals surface area contributed by atoms with Crippen molar-refractivity contribution in [2.24, 2.45) is 23.7 Å². The second-order valence-electron chi connectivity index (χ2n) is 9.26. The molecule has 0 fully saturated rings. The molecular formula is C20H43B. The van der Waals surface area contributed by atoms with Crippen molar-refractivity contribution < 1.29 is 0 Å². The number of hydrogen-bond acceptors (Lipinski definition) is 0. The summed E-state index contributed by atoms with van der Waals surface area (Å²) in [5.41, 5.74) is 0. The van der Waals surface area contributed by atoms with Gasteiger partial charge in [-0.15, -0.1) is 0 Å². The van der Waals surface area contributed by atoms with Crippen molar-refractivity contribution in [2.75, 3.05) is 0 Å². The quantitative estimate of drug-likeness (QED) is 0.348. The molecule has 0 nitrogen and oxygen atoms in total. The van der Waals surface area contributed by atoms with Crippen molar-refractivity contribution in [2.45, 2.75) is 106 Å². The van der Waals surface area contributed by atoms with Gasteiger partial charge in [-0.05, 0) is 17.2 Å². The average Bonchev–Trinajstić information content (AvgIpc) is 2.24. The smallest absolute Gasteiger partial charge is 0.0714 e. The van der Waals surface area contributed by atoms with Crippen LogP contribution in [-0.4, -0.2) is 6.71 Å². The van der Waals surface area contributed by atoms with Crippen LogP contribution in [0.1, 0.15) is 88.0 Å². The Labute approximate surface area is 136 Å². The molecule has 0 N–H and O–H groups in total. The normalized spacial score (nSPS) is 13.0. The Kier molecular flexibility index (Phi) is 9.99. The van der Waals surface area contributed by atoms with Crippen LogP contribution in [0.4, 0.5) is 0 Å². The Bertz CT molecular complexity index is 233. The second kappa shape index (κ2) is 9.96. The van der Waals surface area contributed by atoms with Gasteiger partial charge in [-0.2, -0.15) is 0 Å². The summed E-state index contributed by atoms with van der Waals surface area (Å²) in [6, 6.07) is 0. The van der Waals surface area contributed by atoms with Gasteiger partial charge in [0.05, 0.1) is 0 Å². The lowest BCUT2D eigenvalue weighted by Gasteiger charge is -2.44. The van der Waals surface area contributed by atoms with Crippen LogP contribution in [0.15, 0.2) is 0 Å². The summed E-state index contributed by atoms with van der Waals surface area (Å²) < 4.78 is 0. The lowest BCUT2D eigenvalue weighted by atomic mass is 9.25. The molecule has 126 valence electrons. The highest BCUT2D eigenvalue weighted by molar-refractivity contribution is 6.62. The van der Waals surface area contributed by atoms with E-state index in [0.29, 0.717) is 5.31 Å². The largest absolute Gasteiger partial charge is 0.147 e. The molecule has 0 unspecified atom stereocenters. The van der Waals surface area contributed by atoms with E-state index < -0.39 is 0 Å². The van der Waals surface area contributed by atoms with Crippen LogP contribution < -0.4 is 0 Å². The molecule has 0 aromatic heterocycles. The van der Waals surface area contributed by atoms with E-state index in [2.05, 4.69) is 62.3 Å². The summed E-state index contributed by atoms with van der Waals surface area (Å²) in [7, 11) is 0. The van der Waals surface area contributed by atoms with E-state index in [9.17, 15) is 0 Å². The fourth-order valence-electron chi connectivity index (χ4n) is 4.68. The summed E-state index contributed by atoms with van der Waals surface area (Å²) >= 11 is 0. The average molecular weight is 294 g/mol. The van der Waals surface area contributed by atoms with Crippen LogP contribution in [0, 0.1) is 23.7 Å². The van der Waals surface area contributed by atoms with Crippen LogP contribution in [-0.2, 0) is 0 Å². The molecule has 0 atom stereocenters. The van der Waals surface area contributed by atoms with E-state index in [1.54, 1.807) is 0 Å². The fraction of sp³-hybridized carbons (Fsp3) is 1.00. The molecule has 0 saturated carbocycles. The standard InChI is InChI=1S/C20H43B/c1-10-11-20(12-16(2)3,13-17(4)5)21(14-18(6)7)15-19(8)9/h16-19H,10-15H2,1-9H3. The predicted molar refractivity (Wildman–Crippen MR) is 102 cm³/mol. The second-order valence-corrected chi connectivity index (χ2v) is 9.26. The van der Waals surface area contributed by atoms with Crippen LogP contribution in [0.2, 0.25) is 18.0 Å². The highest BCUT2D eigenvalue weighted by Gasteiger charge is 2.41. The molecular weight excluding hydrogens is 251 g/mol. The monoisotopic (exact) mass is 294 g/mol. The highest BCUT2D eigenvalue weighted by Crippen LogP contribution is 2.51. The van der Waals surface area contributed by atoms with Gasteiger partial charge in [0.25, 0.3) is 0 Å². The zero-order chi connectivity index (χ0) is 16.6. The maximum atomic E-state index is 2.42. The first-order valence-corrected chi connectivity index (χ1v) is 9.62. The summed E-state index contributed by atoms with van der Waals surface area (Å²) in [5.74, 6) is 3.28. The molecule has 21 heavy (non-hydrogen) atoms. The molecule has 0 spiro atoms. The Hall–Kier alpha value is 0.0649. The summed E-state index contributed by atoms with van der Waals surface area (Å²) in [6.07, 6.45) is 8.43. The van der Waals surface area contributed by atoms with Crippen molar-refractivity contribution in [3.8, 4) is 0 Å². The van der Waals surface area contributed by atoms with Gasteiger partial charge in [-0.25, -0.2) is 0 Å². The summed E-state index contributed by atoms with van der Waals surface area (Å²) in [4.78, 5) is 0. The van der Waals surface area contributed by atoms with E-state index >= 15 is 0 Å². The Morgan fingerprint density at radius 2 is 1.05 bits per heavy atom. The van der Waals surface area contributed by atoms with Gasteiger partial charge < -0.3 is 0 Å². The van der Waals surface area contributed by atoms with Crippen LogP contribution in [0.3, 0.4) is 0 Å². The van der Waals surface area contributed by atoms with Gasteiger partial charge in [0.1, 0.15) is 6.71 Å². The molecule has 0 heterocycles. The van der Waals surface area contributed by atoms with Crippen molar-refractivity contribution in [3.05, 3.63) is 0 Å². The molecule has 0 bridgehead atoms. The summed E-state index contributed by atoms with van der Waals surface area (Å²) in [5, 5.41) is 0.575. The minimum Gasteiger partial charge on any atom is -0.0714 e. The van der Waals surface area contributed by atoms with E-state index in [0.717, 1.165) is 30.4 Å². The first kappa shape index (κ1) is 21.1. The third-order valence-corrected chi connectivity index (χ3v) is 4.76. The molecule has 0 saturated heterocycles. The molecule has 0 aliphatic heterocycles. The molecule has 0 aliphatic carbocycles. The first-order valence-electron chi connectivity index (χ1n) is 9.62. The predicted octanol–water partition coefficient (Wildman–Crippen LogP) is 7.43. The van der Waals surface area contributed by atoms with E-state index in [-0.39, 0.29) is 0 Å². The van der Waals surface area contributed by atoms with Crippen molar-refractivity contribution in [1.29, 1.82) is 0 Å². The third kappa shape index (κ3) is 8.31. The molecule has 0 aromatic carbocycles. The molecule has 0 radical (unpaired) electrons. The molecule has 1 heteroatoms. The fourth-order valence-corrected chi connectivity index (χ4v) is 4.68. The zero-order valence-corrected chi connectivity index (χ0v) is 16.6. The highest BCUT2D eigenvalue weighted by atomic mass is 14.3. The van der Waals surface area contributed by atoms with Crippen molar-refractivity contribution in [1.82, 2.24) is 0 Å².